The van der Waals surface area contributed by atoms with Gasteiger partial charge in [-0.1, -0.05) is 52.6 Å². The second-order valence-electron chi connectivity index (χ2n) is 9.43. The molecule has 3 aromatic carbocycles. The van der Waals surface area contributed by atoms with E-state index in [1.54, 1.807) is 48.8 Å². The molecule has 0 amide bonds. The average Bonchev–Trinajstić information content (AvgIpc) is 2.75. The minimum Gasteiger partial charge on any atom is -0.507 e. The second-order valence-corrected chi connectivity index (χ2v) is 11.3. The molecule has 2 N–H and O–H groups in total. The molecule has 35 heavy (non-hydrogen) atoms. The third-order valence-corrected chi connectivity index (χ3v) is 6.67. The Bertz CT molecular complexity index is 1280. The van der Waals surface area contributed by atoms with Gasteiger partial charge in [0, 0.05) is 43.6 Å². The maximum Gasteiger partial charge on any atom is 0.160 e. The number of ketones is 1. The number of aromatic hydroxyl groups is 2. The average molecular weight is 600 g/mol. The number of halogens is 2. The molecule has 0 bridgehead atoms. The number of phenolic OH excluding ortho intramolecular Hbond substituents is 2. The Morgan fingerprint density at radius 2 is 1.23 bits per heavy atom. The topological polar surface area (TPSA) is 82.2 Å². The number of nitrogens with zero attached hydrogens (tertiary/aromatic N) is 2. The van der Waals surface area contributed by atoms with Crippen molar-refractivity contribution < 1.29 is 15.0 Å². The van der Waals surface area contributed by atoms with Crippen molar-refractivity contribution in [1.29, 1.82) is 0 Å². The molecule has 0 heterocycles. The summed E-state index contributed by atoms with van der Waals surface area (Å²) < 4.78 is 1.63. The maximum absolute atomic E-state index is 12.7. The van der Waals surface area contributed by atoms with Crippen LogP contribution in [0.25, 0.3) is 0 Å². The monoisotopic (exact) mass is 598 g/mol. The van der Waals surface area contributed by atoms with Crippen LogP contribution in [0.3, 0.4) is 0 Å². The molecule has 7 heteroatoms. The Hall–Kier alpha value is -2.77. The van der Waals surface area contributed by atoms with Gasteiger partial charge < -0.3 is 10.2 Å². The number of carbonyl (C=O) groups is 1. The van der Waals surface area contributed by atoms with E-state index in [-0.39, 0.29) is 22.7 Å². The van der Waals surface area contributed by atoms with Crippen molar-refractivity contribution in [2.75, 3.05) is 0 Å². The van der Waals surface area contributed by atoms with Crippen molar-refractivity contribution in [2.24, 2.45) is 9.98 Å². The number of hydrogen-bond acceptors (Lipinski definition) is 5. The zero-order valence-electron chi connectivity index (χ0n) is 20.6. The van der Waals surface area contributed by atoms with Gasteiger partial charge in [0.1, 0.15) is 11.5 Å². The lowest BCUT2D eigenvalue weighted by Crippen LogP contribution is -2.15. The zero-order valence-corrected chi connectivity index (χ0v) is 23.7. The van der Waals surface area contributed by atoms with E-state index in [9.17, 15) is 15.0 Å². The van der Waals surface area contributed by atoms with Gasteiger partial charge in [-0.3, -0.25) is 14.8 Å². The van der Waals surface area contributed by atoms with Crippen LogP contribution < -0.4 is 0 Å². The summed E-state index contributed by atoms with van der Waals surface area (Å²) >= 11 is 6.86. The molecule has 0 radical (unpaired) electrons. The molecule has 0 aliphatic rings. The third-order valence-electron chi connectivity index (χ3n) is 5.68. The summed E-state index contributed by atoms with van der Waals surface area (Å²) in [6.45, 7) is 11.5. The highest BCUT2D eigenvalue weighted by molar-refractivity contribution is 9.10. The summed E-state index contributed by atoms with van der Waals surface area (Å²) in [7, 11) is 0. The van der Waals surface area contributed by atoms with Gasteiger partial charge in [0.2, 0.25) is 0 Å². The van der Waals surface area contributed by atoms with Gasteiger partial charge in [0.25, 0.3) is 0 Å². The van der Waals surface area contributed by atoms with E-state index in [1.165, 1.54) is 6.92 Å². The third kappa shape index (κ3) is 5.90. The van der Waals surface area contributed by atoms with Crippen LogP contribution in [0.1, 0.15) is 65.9 Å². The minimum atomic E-state index is -0.372. The van der Waals surface area contributed by atoms with Crippen molar-refractivity contribution in [3.63, 3.8) is 0 Å². The second kappa shape index (κ2) is 10.5. The van der Waals surface area contributed by atoms with Crippen molar-refractivity contribution >= 4 is 61.4 Å². The fraction of sp³-hybridized carbons (Fsp3) is 0.250. The Kier molecular flexibility index (Phi) is 8.02. The number of rotatable bonds is 5. The molecular weight excluding hydrogens is 572 g/mol. The minimum absolute atomic E-state index is 0.0797. The lowest BCUT2D eigenvalue weighted by molar-refractivity contribution is 0.101. The number of benzene rings is 3. The van der Waals surface area contributed by atoms with E-state index in [0.717, 1.165) is 25.6 Å². The van der Waals surface area contributed by atoms with E-state index < -0.39 is 0 Å². The summed E-state index contributed by atoms with van der Waals surface area (Å²) in [6.07, 6.45) is 3.20. The summed E-state index contributed by atoms with van der Waals surface area (Å²) in [4.78, 5) is 22.3. The van der Waals surface area contributed by atoms with Crippen LogP contribution in [0, 0.1) is 13.8 Å². The number of aliphatic imine (C=N–C) groups is 2. The quantitative estimate of drug-likeness (QED) is 0.229. The first-order valence-corrected chi connectivity index (χ1v) is 12.6. The Morgan fingerprint density at radius 3 is 1.57 bits per heavy atom. The fourth-order valence-electron chi connectivity index (χ4n) is 4.09. The normalized spacial score (nSPS) is 12.1. The molecule has 0 spiro atoms. The first-order valence-electron chi connectivity index (χ1n) is 11.0. The first-order chi connectivity index (χ1) is 16.3. The highest BCUT2D eigenvalue weighted by atomic mass is 79.9. The number of hydrogen-bond donors (Lipinski definition) is 2. The predicted molar refractivity (Wildman–Crippen MR) is 151 cm³/mol. The number of carbonyl (C=O) groups excluding carboxylic acids is 1. The van der Waals surface area contributed by atoms with Crippen LogP contribution in [-0.4, -0.2) is 28.4 Å². The van der Waals surface area contributed by atoms with Gasteiger partial charge in [-0.2, -0.15) is 0 Å². The van der Waals surface area contributed by atoms with Crippen LogP contribution in [0.15, 0.2) is 55.3 Å². The largest absolute Gasteiger partial charge is 0.507 e. The Balaban J connectivity index is 2.34. The lowest BCUT2D eigenvalue weighted by Gasteiger charge is -2.27. The molecule has 0 fully saturated rings. The number of Topliss-reactive ketones (excluding diaryl/α,β-unsaturated/α-hetero) is 1. The molecule has 5 nitrogen and oxygen atoms in total. The lowest BCUT2D eigenvalue weighted by atomic mass is 9.79. The molecule has 0 aromatic heterocycles. The van der Waals surface area contributed by atoms with E-state index in [2.05, 4.69) is 52.6 Å². The number of phenols is 2. The van der Waals surface area contributed by atoms with Crippen molar-refractivity contribution in [3.05, 3.63) is 78.7 Å². The van der Waals surface area contributed by atoms with Crippen LogP contribution in [0.5, 0.6) is 11.5 Å². The summed E-state index contributed by atoms with van der Waals surface area (Å²) in [5.41, 5.74) is 4.95. The fourth-order valence-corrected chi connectivity index (χ4v) is 4.85. The van der Waals surface area contributed by atoms with Crippen LogP contribution in [0.2, 0.25) is 0 Å². The molecule has 0 aliphatic carbocycles. The van der Waals surface area contributed by atoms with Crippen molar-refractivity contribution in [3.8, 4) is 11.5 Å². The van der Waals surface area contributed by atoms with Gasteiger partial charge in [0.05, 0.1) is 11.4 Å². The van der Waals surface area contributed by atoms with Crippen LogP contribution in [0.4, 0.5) is 11.4 Å². The standard InChI is InChI=1S/C28H28Br2N2O3/c1-15-24(17(3)33)16(2)27(32-14-19-12-21(30)8-10-23(19)35)25(28(4,5)6)26(15)31-13-18-11-20(29)7-9-22(18)34/h7-14,34-35H,1-6H3. The molecule has 0 aliphatic heterocycles. The van der Waals surface area contributed by atoms with Crippen LogP contribution in [-0.2, 0) is 5.41 Å². The smallest absolute Gasteiger partial charge is 0.160 e. The van der Waals surface area contributed by atoms with Crippen LogP contribution >= 0.6 is 31.9 Å². The molecule has 0 saturated heterocycles. The van der Waals surface area contributed by atoms with E-state index >= 15 is 0 Å². The molecule has 0 saturated carbocycles. The highest BCUT2D eigenvalue weighted by Crippen LogP contribution is 2.45. The first kappa shape index (κ1) is 26.8. The van der Waals surface area contributed by atoms with Crippen molar-refractivity contribution in [2.45, 2.75) is 47.0 Å². The molecular formula is C28H28Br2N2O3. The Morgan fingerprint density at radius 1 is 0.829 bits per heavy atom. The van der Waals surface area contributed by atoms with Gasteiger partial charge in [-0.15, -0.1) is 0 Å². The zero-order chi connectivity index (χ0) is 26.1. The van der Waals surface area contributed by atoms with Crippen molar-refractivity contribution in [1.82, 2.24) is 0 Å². The molecule has 0 atom stereocenters. The molecule has 3 aromatic rings. The molecule has 182 valence electrons. The van der Waals surface area contributed by atoms with E-state index in [4.69, 9.17) is 9.98 Å². The van der Waals surface area contributed by atoms with E-state index in [0.29, 0.717) is 28.1 Å². The highest BCUT2D eigenvalue weighted by Gasteiger charge is 2.28. The molecule has 0 unspecified atom stereocenters. The maximum atomic E-state index is 12.7. The SMILES string of the molecule is CC(=O)c1c(C)c(N=Cc2cc(Br)ccc2O)c(C(C)(C)C)c(N=Cc2cc(Br)ccc2O)c1C. The van der Waals surface area contributed by atoms with Gasteiger partial charge in [-0.25, -0.2) is 0 Å². The summed E-state index contributed by atoms with van der Waals surface area (Å²) in [5, 5.41) is 20.6. The summed E-state index contributed by atoms with van der Waals surface area (Å²) in [5.74, 6) is 0.132. The molecule has 3 rings (SSSR count). The predicted octanol–water partition coefficient (Wildman–Crippen LogP) is 8.24. The Labute approximate surface area is 222 Å². The van der Waals surface area contributed by atoms with Gasteiger partial charge >= 0.3 is 0 Å². The van der Waals surface area contributed by atoms with E-state index in [1.807, 2.05) is 13.8 Å². The summed E-state index contributed by atoms with van der Waals surface area (Å²) in [6, 6.07) is 10.3. The van der Waals surface area contributed by atoms with Gasteiger partial charge in [-0.05, 0) is 73.7 Å². The van der Waals surface area contributed by atoms with Gasteiger partial charge in [0.15, 0.2) is 5.78 Å².